The summed E-state index contributed by atoms with van der Waals surface area (Å²) in [7, 11) is 1.72. The fourth-order valence-electron chi connectivity index (χ4n) is 4.62. The summed E-state index contributed by atoms with van der Waals surface area (Å²) in [6.45, 7) is 1.80. The van der Waals surface area contributed by atoms with Gasteiger partial charge in [-0.1, -0.05) is 97.1 Å². The van der Waals surface area contributed by atoms with Crippen LogP contribution in [0, 0.1) is 0 Å². The van der Waals surface area contributed by atoms with E-state index in [2.05, 4.69) is 120 Å². The number of rotatable bonds is 5. The van der Waals surface area contributed by atoms with Gasteiger partial charge < -0.3 is 4.74 Å². The molecule has 1 aliphatic heterocycles. The minimum atomic E-state index is 0.149. The first kappa shape index (κ1) is 20.3. The van der Waals surface area contributed by atoms with E-state index in [-0.39, 0.29) is 6.04 Å². The molecule has 1 aliphatic rings. The molecule has 1 unspecified atom stereocenters. The van der Waals surface area contributed by atoms with Crippen LogP contribution in [0.25, 0.3) is 11.6 Å². The maximum atomic E-state index is 5.43. The van der Waals surface area contributed by atoms with Gasteiger partial charge in [0.05, 0.1) is 13.2 Å². The first-order chi connectivity index (χ1) is 15.8. The number of benzene rings is 4. The minimum Gasteiger partial charge on any atom is -0.497 e. The molecule has 0 saturated heterocycles. The van der Waals surface area contributed by atoms with Crippen LogP contribution in [0.2, 0.25) is 0 Å². The van der Waals surface area contributed by atoms with Crippen molar-refractivity contribution in [1.82, 2.24) is 4.90 Å². The van der Waals surface area contributed by atoms with Crippen LogP contribution in [0.15, 0.2) is 109 Å². The number of nitrogens with zero attached hydrogens (tertiary/aromatic N) is 1. The topological polar surface area (TPSA) is 12.5 Å². The average molecular weight is 418 g/mol. The third-order valence-corrected chi connectivity index (χ3v) is 6.14. The van der Waals surface area contributed by atoms with Crippen molar-refractivity contribution >= 4 is 11.6 Å². The molecule has 158 valence electrons. The van der Waals surface area contributed by atoms with Gasteiger partial charge in [0.1, 0.15) is 5.75 Å². The third kappa shape index (κ3) is 4.23. The van der Waals surface area contributed by atoms with Crippen molar-refractivity contribution in [3.63, 3.8) is 0 Å². The molecule has 0 amide bonds. The normalized spacial score (nSPS) is 17.2. The Kier molecular flexibility index (Phi) is 5.87. The maximum absolute atomic E-state index is 5.43. The van der Waals surface area contributed by atoms with Crippen molar-refractivity contribution in [3.05, 3.63) is 137 Å². The Balaban J connectivity index is 1.66. The number of ether oxygens (including phenoxy) is 1. The van der Waals surface area contributed by atoms with Crippen LogP contribution in [-0.4, -0.2) is 12.0 Å². The van der Waals surface area contributed by atoms with Gasteiger partial charge in [0.25, 0.3) is 0 Å². The smallest absolute Gasteiger partial charge is 0.118 e. The average Bonchev–Trinajstić information content (AvgIpc) is 2.85. The lowest BCUT2D eigenvalue weighted by atomic mass is 9.83. The first-order valence-corrected chi connectivity index (χ1v) is 11.1. The second-order valence-corrected chi connectivity index (χ2v) is 8.23. The van der Waals surface area contributed by atoms with E-state index in [9.17, 15) is 0 Å². The molecule has 0 aliphatic carbocycles. The third-order valence-electron chi connectivity index (χ3n) is 6.14. The molecule has 32 heavy (non-hydrogen) atoms. The lowest BCUT2D eigenvalue weighted by molar-refractivity contribution is 0.211. The van der Waals surface area contributed by atoms with E-state index in [1.54, 1.807) is 7.11 Å². The van der Waals surface area contributed by atoms with E-state index in [0.717, 1.165) is 18.8 Å². The van der Waals surface area contributed by atoms with Crippen LogP contribution in [0.1, 0.15) is 33.9 Å². The molecule has 1 atom stereocenters. The fraction of sp³-hybridized carbons (Fsp3) is 0.133. The van der Waals surface area contributed by atoms with Crippen molar-refractivity contribution in [2.75, 3.05) is 7.11 Å². The molecule has 2 nitrogen and oxygen atoms in total. The molecule has 0 spiro atoms. The first-order valence-electron chi connectivity index (χ1n) is 11.1. The molecule has 0 radical (unpaired) electrons. The van der Waals surface area contributed by atoms with Crippen molar-refractivity contribution in [2.45, 2.75) is 19.1 Å². The predicted octanol–water partition coefficient (Wildman–Crippen LogP) is 6.99. The van der Waals surface area contributed by atoms with E-state index in [1.807, 2.05) is 0 Å². The van der Waals surface area contributed by atoms with Crippen LogP contribution >= 0.6 is 0 Å². The lowest BCUT2D eigenvalue weighted by Crippen LogP contribution is -2.33. The summed E-state index contributed by atoms with van der Waals surface area (Å²) in [5, 5.41) is 0. The van der Waals surface area contributed by atoms with Crippen LogP contribution in [0.4, 0.5) is 0 Å². The van der Waals surface area contributed by atoms with E-state index < -0.39 is 0 Å². The predicted molar refractivity (Wildman–Crippen MR) is 132 cm³/mol. The fourth-order valence-corrected chi connectivity index (χ4v) is 4.62. The molecule has 4 aromatic carbocycles. The number of hydrogen-bond donors (Lipinski definition) is 0. The molecule has 0 N–H and O–H groups in total. The Labute approximate surface area is 190 Å². The molecule has 1 heterocycles. The monoisotopic (exact) mass is 417 g/mol. The Morgan fingerprint density at radius 1 is 0.781 bits per heavy atom. The summed E-state index contributed by atoms with van der Waals surface area (Å²) < 4.78 is 5.43. The number of methoxy groups -OCH3 is 1. The molecule has 0 aromatic heterocycles. The maximum Gasteiger partial charge on any atom is 0.118 e. The second kappa shape index (κ2) is 9.25. The molecular weight excluding hydrogens is 390 g/mol. The highest BCUT2D eigenvalue weighted by molar-refractivity contribution is 5.87. The SMILES string of the molecule is COc1ccc(C2/C(=C\c3ccccc3)c3ccccc3CN2Cc2ccccc2)cc1. The van der Waals surface area contributed by atoms with Gasteiger partial charge in [0.15, 0.2) is 0 Å². The molecular formula is C30H27NO. The zero-order chi connectivity index (χ0) is 21.8. The van der Waals surface area contributed by atoms with E-state index in [4.69, 9.17) is 4.74 Å². The van der Waals surface area contributed by atoms with Gasteiger partial charge in [0, 0.05) is 13.1 Å². The molecule has 0 saturated carbocycles. The standard InChI is InChI=1S/C30H27NO/c1-32-27-18-16-25(17-19-27)30-29(20-23-10-4-2-5-11-23)28-15-9-8-14-26(28)22-31(30)21-24-12-6-3-7-13-24/h2-20,30H,21-22H2,1H3/b29-20-. The summed E-state index contributed by atoms with van der Waals surface area (Å²) in [4.78, 5) is 2.58. The summed E-state index contributed by atoms with van der Waals surface area (Å²) in [5.74, 6) is 0.883. The Morgan fingerprint density at radius 2 is 1.44 bits per heavy atom. The van der Waals surface area contributed by atoms with Gasteiger partial charge in [-0.05, 0) is 51.6 Å². The van der Waals surface area contributed by atoms with Gasteiger partial charge in [-0.15, -0.1) is 0 Å². The van der Waals surface area contributed by atoms with Gasteiger partial charge in [-0.3, -0.25) is 4.90 Å². The molecule has 5 rings (SSSR count). The molecule has 0 bridgehead atoms. The second-order valence-electron chi connectivity index (χ2n) is 8.23. The molecule has 4 aromatic rings. The zero-order valence-corrected chi connectivity index (χ0v) is 18.3. The minimum absolute atomic E-state index is 0.149. The van der Waals surface area contributed by atoms with Crippen LogP contribution < -0.4 is 4.74 Å². The van der Waals surface area contributed by atoms with Crippen LogP contribution in [0.5, 0.6) is 5.75 Å². The number of hydrogen-bond acceptors (Lipinski definition) is 2. The summed E-state index contributed by atoms with van der Waals surface area (Å²) in [6.07, 6.45) is 2.35. The Bertz CT molecular complexity index is 1200. The van der Waals surface area contributed by atoms with Gasteiger partial charge in [0.2, 0.25) is 0 Å². The van der Waals surface area contributed by atoms with Gasteiger partial charge in [-0.2, -0.15) is 0 Å². The van der Waals surface area contributed by atoms with Gasteiger partial charge >= 0.3 is 0 Å². The molecule has 2 heteroatoms. The van der Waals surface area contributed by atoms with Gasteiger partial charge in [-0.25, -0.2) is 0 Å². The quantitative estimate of drug-likeness (QED) is 0.347. The number of fused-ring (bicyclic) bond motifs is 1. The summed E-state index contributed by atoms with van der Waals surface area (Å²) in [6, 6.07) is 38.9. The van der Waals surface area contributed by atoms with E-state index >= 15 is 0 Å². The van der Waals surface area contributed by atoms with Crippen molar-refractivity contribution < 1.29 is 4.74 Å². The highest BCUT2D eigenvalue weighted by Gasteiger charge is 2.31. The van der Waals surface area contributed by atoms with Crippen LogP contribution in [-0.2, 0) is 13.1 Å². The van der Waals surface area contributed by atoms with Crippen molar-refractivity contribution in [1.29, 1.82) is 0 Å². The zero-order valence-electron chi connectivity index (χ0n) is 18.3. The largest absolute Gasteiger partial charge is 0.497 e. The lowest BCUT2D eigenvalue weighted by Gasteiger charge is -2.39. The van der Waals surface area contributed by atoms with Crippen molar-refractivity contribution in [2.24, 2.45) is 0 Å². The Hall–Kier alpha value is -3.62. The summed E-state index contributed by atoms with van der Waals surface area (Å²) in [5.41, 5.74) is 7.86. The van der Waals surface area contributed by atoms with Crippen molar-refractivity contribution in [3.8, 4) is 5.75 Å². The summed E-state index contributed by atoms with van der Waals surface area (Å²) >= 11 is 0. The molecule has 0 fully saturated rings. The Morgan fingerprint density at radius 3 is 2.16 bits per heavy atom. The van der Waals surface area contributed by atoms with Crippen LogP contribution in [0.3, 0.4) is 0 Å². The highest BCUT2D eigenvalue weighted by Crippen LogP contribution is 2.44. The van der Waals surface area contributed by atoms with E-state index in [0.29, 0.717) is 0 Å². The highest BCUT2D eigenvalue weighted by atomic mass is 16.5. The van der Waals surface area contributed by atoms with E-state index in [1.165, 1.54) is 33.4 Å².